The highest BCUT2D eigenvalue weighted by molar-refractivity contribution is 5.41. The van der Waals surface area contributed by atoms with E-state index < -0.39 is 11.9 Å². The lowest BCUT2D eigenvalue weighted by atomic mass is 10.3. The Balaban J connectivity index is 1.66. The summed E-state index contributed by atoms with van der Waals surface area (Å²) in [6.07, 6.45) is -0.627. The van der Waals surface area contributed by atoms with Crippen LogP contribution in [-0.4, -0.2) is 34.1 Å². The van der Waals surface area contributed by atoms with E-state index in [2.05, 4.69) is 15.0 Å². The van der Waals surface area contributed by atoms with E-state index in [1.54, 1.807) is 23.4 Å². The van der Waals surface area contributed by atoms with Gasteiger partial charge >= 0.3 is 12.2 Å². The third kappa shape index (κ3) is 3.69. The molecule has 0 amide bonds. The van der Waals surface area contributed by atoms with Gasteiger partial charge in [-0.25, -0.2) is 15.0 Å². The molecular formula is C15H15F3N4O. The highest BCUT2D eigenvalue weighted by Gasteiger charge is 2.33. The number of rotatable bonds is 3. The van der Waals surface area contributed by atoms with Crippen molar-refractivity contribution >= 4 is 5.82 Å². The number of aryl methyl sites for hydroxylation is 1. The number of aromatic nitrogens is 3. The van der Waals surface area contributed by atoms with Gasteiger partial charge in [0, 0.05) is 25.4 Å². The van der Waals surface area contributed by atoms with E-state index in [9.17, 15) is 13.2 Å². The predicted molar refractivity (Wildman–Crippen MR) is 77.3 cm³/mol. The quantitative estimate of drug-likeness (QED) is 0.869. The van der Waals surface area contributed by atoms with Crippen LogP contribution in [0, 0.1) is 6.92 Å². The van der Waals surface area contributed by atoms with Crippen LogP contribution in [-0.2, 0) is 6.18 Å². The molecule has 0 aliphatic carbocycles. The van der Waals surface area contributed by atoms with E-state index in [1.165, 1.54) is 6.07 Å². The van der Waals surface area contributed by atoms with Crippen LogP contribution in [0.5, 0.6) is 6.01 Å². The van der Waals surface area contributed by atoms with Gasteiger partial charge in [-0.2, -0.15) is 13.2 Å². The van der Waals surface area contributed by atoms with Crippen molar-refractivity contribution in [1.29, 1.82) is 0 Å². The first kappa shape index (κ1) is 15.5. The second-order valence-corrected chi connectivity index (χ2v) is 5.40. The van der Waals surface area contributed by atoms with Gasteiger partial charge in [0.05, 0.1) is 6.54 Å². The van der Waals surface area contributed by atoms with Crippen LogP contribution in [0.2, 0.25) is 0 Å². The van der Waals surface area contributed by atoms with Gasteiger partial charge in [-0.1, -0.05) is 6.07 Å². The fraction of sp³-hybridized carbons (Fsp3) is 0.400. The van der Waals surface area contributed by atoms with Gasteiger partial charge in [-0.3, -0.25) is 0 Å². The van der Waals surface area contributed by atoms with Crippen molar-refractivity contribution in [2.75, 3.05) is 18.0 Å². The summed E-state index contributed by atoms with van der Waals surface area (Å²) in [5.74, 6) is 0.302. The van der Waals surface area contributed by atoms with E-state index in [-0.39, 0.29) is 12.1 Å². The molecule has 0 spiro atoms. The smallest absolute Gasteiger partial charge is 0.433 e. The molecule has 0 radical (unpaired) electrons. The topological polar surface area (TPSA) is 51.1 Å². The number of hydrogen-bond donors (Lipinski definition) is 0. The zero-order valence-electron chi connectivity index (χ0n) is 12.4. The summed E-state index contributed by atoms with van der Waals surface area (Å²) in [6, 6.07) is 4.18. The molecule has 2 aromatic rings. The Morgan fingerprint density at radius 2 is 1.96 bits per heavy atom. The Morgan fingerprint density at radius 3 is 2.65 bits per heavy atom. The molecule has 0 aromatic carbocycles. The van der Waals surface area contributed by atoms with E-state index in [0.29, 0.717) is 25.3 Å². The van der Waals surface area contributed by atoms with Crippen LogP contribution >= 0.6 is 0 Å². The molecule has 3 heterocycles. The van der Waals surface area contributed by atoms with Crippen molar-refractivity contribution in [2.45, 2.75) is 25.6 Å². The molecule has 1 aliphatic heterocycles. The fourth-order valence-corrected chi connectivity index (χ4v) is 2.38. The molecule has 5 nitrogen and oxygen atoms in total. The molecule has 0 saturated carbocycles. The molecule has 1 unspecified atom stereocenters. The first-order valence-electron chi connectivity index (χ1n) is 7.16. The number of alkyl halides is 3. The Bertz CT molecular complexity index is 675. The maximum atomic E-state index is 12.7. The van der Waals surface area contributed by atoms with Crippen molar-refractivity contribution < 1.29 is 17.9 Å². The van der Waals surface area contributed by atoms with Crippen molar-refractivity contribution in [3.63, 3.8) is 0 Å². The van der Waals surface area contributed by atoms with Gasteiger partial charge in [0.25, 0.3) is 0 Å². The van der Waals surface area contributed by atoms with Crippen molar-refractivity contribution in [3.05, 3.63) is 41.9 Å². The summed E-state index contributed by atoms with van der Waals surface area (Å²) < 4.78 is 43.9. The maximum Gasteiger partial charge on any atom is 0.433 e. The highest BCUT2D eigenvalue weighted by Crippen LogP contribution is 2.29. The summed E-state index contributed by atoms with van der Waals surface area (Å²) in [5.41, 5.74) is 0.0415. The molecule has 0 bridgehead atoms. The van der Waals surface area contributed by atoms with Crippen LogP contribution in [0.15, 0.2) is 30.6 Å². The number of hydrogen-bond acceptors (Lipinski definition) is 5. The van der Waals surface area contributed by atoms with Gasteiger partial charge in [-0.05, 0) is 24.6 Å². The Kier molecular flexibility index (Phi) is 4.06. The average Bonchev–Trinajstić information content (AvgIpc) is 2.97. The van der Waals surface area contributed by atoms with Gasteiger partial charge in [0.2, 0.25) is 0 Å². The fourth-order valence-electron chi connectivity index (χ4n) is 2.38. The zero-order chi connectivity index (χ0) is 16.4. The third-order valence-electron chi connectivity index (χ3n) is 3.52. The summed E-state index contributed by atoms with van der Waals surface area (Å²) >= 11 is 0. The molecule has 1 aliphatic rings. The summed E-state index contributed by atoms with van der Waals surface area (Å²) in [6.45, 7) is 2.90. The lowest BCUT2D eigenvalue weighted by Gasteiger charge is -2.18. The minimum atomic E-state index is -4.44. The Labute approximate surface area is 131 Å². The normalized spacial score (nSPS) is 18.3. The van der Waals surface area contributed by atoms with Crippen LogP contribution in [0.4, 0.5) is 19.0 Å². The van der Waals surface area contributed by atoms with Crippen LogP contribution in [0.1, 0.15) is 17.7 Å². The maximum absolute atomic E-state index is 12.7. The van der Waals surface area contributed by atoms with Crippen LogP contribution < -0.4 is 9.64 Å². The van der Waals surface area contributed by atoms with Crippen molar-refractivity contribution in [3.8, 4) is 6.01 Å². The number of nitrogens with zero attached hydrogens (tertiary/aromatic N) is 4. The first-order chi connectivity index (χ1) is 10.9. The molecule has 2 aromatic heterocycles. The van der Waals surface area contributed by atoms with Crippen molar-refractivity contribution in [1.82, 2.24) is 15.0 Å². The minimum absolute atomic E-state index is 0.172. The molecule has 1 atom stereocenters. The molecule has 1 saturated heterocycles. The molecule has 3 rings (SSSR count). The summed E-state index contributed by atoms with van der Waals surface area (Å²) in [7, 11) is 0. The van der Waals surface area contributed by atoms with Gasteiger partial charge in [0.1, 0.15) is 17.6 Å². The van der Waals surface area contributed by atoms with E-state index in [4.69, 9.17) is 4.74 Å². The van der Waals surface area contributed by atoms with E-state index in [0.717, 1.165) is 11.6 Å². The Hall–Kier alpha value is -2.38. The third-order valence-corrected chi connectivity index (χ3v) is 3.52. The second kappa shape index (κ2) is 6.02. The molecule has 0 N–H and O–H groups in total. The summed E-state index contributed by atoms with van der Waals surface area (Å²) in [4.78, 5) is 13.6. The number of ether oxygens (including phenoxy) is 1. The largest absolute Gasteiger partial charge is 0.458 e. The van der Waals surface area contributed by atoms with Crippen LogP contribution in [0.25, 0.3) is 0 Å². The standard InChI is InChI=1S/C15H15F3N4O/c1-10-7-19-14(20-8-10)23-11-5-6-22(9-11)13-4-2-3-12(21-13)15(16,17)18/h2-4,7-8,11H,5-6,9H2,1H3. The van der Waals surface area contributed by atoms with Gasteiger partial charge < -0.3 is 9.64 Å². The number of pyridine rings is 1. The summed E-state index contributed by atoms with van der Waals surface area (Å²) in [5, 5.41) is 0. The lowest BCUT2D eigenvalue weighted by Crippen LogP contribution is -2.26. The van der Waals surface area contributed by atoms with Crippen molar-refractivity contribution in [2.24, 2.45) is 0 Å². The van der Waals surface area contributed by atoms with Crippen LogP contribution in [0.3, 0.4) is 0 Å². The minimum Gasteiger partial charge on any atom is -0.458 e. The zero-order valence-corrected chi connectivity index (χ0v) is 12.4. The first-order valence-corrected chi connectivity index (χ1v) is 7.16. The SMILES string of the molecule is Cc1cnc(OC2CCN(c3cccc(C(F)(F)F)n3)C2)nc1. The monoisotopic (exact) mass is 324 g/mol. The predicted octanol–water partition coefficient (Wildman–Crippen LogP) is 2.86. The highest BCUT2D eigenvalue weighted by atomic mass is 19.4. The number of halogens is 3. The van der Waals surface area contributed by atoms with Gasteiger partial charge in [0.15, 0.2) is 0 Å². The number of anilines is 1. The van der Waals surface area contributed by atoms with Gasteiger partial charge in [-0.15, -0.1) is 0 Å². The molecule has 122 valence electrons. The average molecular weight is 324 g/mol. The molecule has 8 heteroatoms. The van der Waals surface area contributed by atoms with E-state index in [1.807, 2.05) is 6.92 Å². The molecule has 23 heavy (non-hydrogen) atoms. The molecule has 1 fully saturated rings. The second-order valence-electron chi connectivity index (χ2n) is 5.40. The lowest BCUT2D eigenvalue weighted by molar-refractivity contribution is -0.141. The Morgan fingerprint density at radius 1 is 1.22 bits per heavy atom. The van der Waals surface area contributed by atoms with E-state index >= 15 is 0 Å². The molecular weight excluding hydrogens is 309 g/mol.